The van der Waals surface area contributed by atoms with Gasteiger partial charge in [0.05, 0.1) is 16.3 Å². The van der Waals surface area contributed by atoms with Crippen LogP contribution in [0.3, 0.4) is 0 Å². The predicted octanol–water partition coefficient (Wildman–Crippen LogP) is 2.07. The standard InChI is InChI=1S/C16H10N2O2/c19-15-12-6-2-3-7-13(12)16(20)18-14-8-4-1-5-11(14)9-10-17(15)18/h1-10H. The summed E-state index contributed by atoms with van der Waals surface area (Å²) < 4.78 is 2.80. The van der Waals surface area contributed by atoms with Crippen molar-refractivity contribution in [3.05, 3.63) is 81.5 Å². The van der Waals surface area contributed by atoms with E-state index in [1.54, 1.807) is 30.5 Å². The van der Waals surface area contributed by atoms with E-state index >= 15 is 0 Å². The lowest BCUT2D eigenvalue weighted by molar-refractivity contribution is 0.771. The monoisotopic (exact) mass is 262 g/mol. The van der Waals surface area contributed by atoms with E-state index in [0.29, 0.717) is 10.8 Å². The van der Waals surface area contributed by atoms with Gasteiger partial charge in [-0.05, 0) is 24.3 Å². The predicted molar refractivity (Wildman–Crippen MR) is 78.4 cm³/mol. The fourth-order valence-corrected chi connectivity index (χ4v) is 2.61. The average Bonchev–Trinajstić information content (AvgIpc) is 2.51. The van der Waals surface area contributed by atoms with Crippen LogP contribution in [0, 0.1) is 0 Å². The average molecular weight is 262 g/mol. The minimum atomic E-state index is -0.189. The van der Waals surface area contributed by atoms with Gasteiger partial charge in [-0.15, -0.1) is 0 Å². The fourth-order valence-electron chi connectivity index (χ4n) is 2.61. The van der Waals surface area contributed by atoms with Crippen LogP contribution in [-0.2, 0) is 0 Å². The first-order valence-electron chi connectivity index (χ1n) is 6.31. The maximum Gasteiger partial charge on any atom is 0.278 e. The smallest absolute Gasteiger partial charge is 0.267 e. The summed E-state index contributed by atoms with van der Waals surface area (Å²) in [7, 11) is 0. The third-order valence-corrected chi connectivity index (χ3v) is 3.56. The van der Waals surface area contributed by atoms with Gasteiger partial charge in [0.25, 0.3) is 11.1 Å². The summed E-state index contributed by atoms with van der Waals surface area (Å²) in [6.45, 7) is 0. The molecule has 0 spiro atoms. The molecule has 96 valence electrons. The topological polar surface area (TPSA) is 43.0 Å². The summed E-state index contributed by atoms with van der Waals surface area (Å²) in [5.74, 6) is 0. The summed E-state index contributed by atoms with van der Waals surface area (Å²) in [5, 5.41) is 1.81. The zero-order valence-corrected chi connectivity index (χ0v) is 10.5. The minimum absolute atomic E-state index is 0.183. The first kappa shape index (κ1) is 11.0. The van der Waals surface area contributed by atoms with Gasteiger partial charge in [-0.3, -0.25) is 9.59 Å². The molecular formula is C16H10N2O2. The van der Waals surface area contributed by atoms with Crippen LogP contribution in [0.5, 0.6) is 0 Å². The molecule has 0 amide bonds. The quantitative estimate of drug-likeness (QED) is 0.359. The van der Waals surface area contributed by atoms with Gasteiger partial charge >= 0.3 is 0 Å². The van der Waals surface area contributed by atoms with Crippen molar-refractivity contribution >= 4 is 21.7 Å². The highest BCUT2D eigenvalue weighted by atomic mass is 16.2. The van der Waals surface area contributed by atoms with E-state index < -0.39 is 0 Å². The third kappa shape index (κ3) is 1.30. The maximum atomic E-state index is 12.7. The van der Waals surface area contributed by atoms with Gasteiger partial charge < -0.3 is 0 Å². The largest absolute Gasteiger partial charge is 0.278 e. The van der Waals surface area contributed by atoms with E-state index in [9.17, 15) is 9.59 Å². The molecule has 0 saturated heterocycles. The van der Waals surface area contributed by atoms with Crippen LogP contribution in [0.15, 0.2) is 70.4 Å². The molecular weight excluding hydrogens is 252 g/mol. The Balaban J connectivity index is 2.46. The number of rotatable bonds is 0. The number of para-hydroxylation sites is 1. The number of benzene rings is 2. The van der Waals surface area contributed by atoms with Gasteiger partial charge in [-0.2, -0.15) is 0 Å². The van der Waals surface area contributed by atoms with Gasteiger partial charge in [-0.25, -0.2) is 9.03 Å². The van der Waals surface area contributed by atoms with Crippen LogP contribution < -0.4 is 11.1 Å². The molecule has 0 aliphatic heterocycles. The normalized spacial score (nSPS) is 11.4. The van der Waals surface area contributed by atoms with Crippen LogP contribution >= 0.6 is 0 Å². The highest BCUT2D eigenvalue weighted by Crippen LogP contribution is 2.12. The first-order chi connectivity index (χ1) is 9.77. The van der Waals surface area contributed by atoms with Gasteiger partial charge in [0.2, 0.25) is 0 Å². The second-order valence-electron chi connectivity index (χ2n) is 4.69. The van der Waals surface area contributed by atoms with Gasteiger partial charge in [0.1, 0.15) is 0 Å². The Hall–Kier alpha value is -2.88. The Labute approximate surface area is 113 Å². The molecule has 0 aliphatic carbocycles. The number of aromatic nitrogens is 2. The summed E-state index contributed by atoms with van der Waals surface area (Å²) in [4.78, 5) is 25.1. The highest BCUT2D eigenvalue weighted by molar-refractivity contribution is 5.83. The second-order valence-corrected chi connectivity index (χ2v) is 4.69. The van der Waals surface area contributed by atoms with Gasteiger partial charge in [-0.1, -0.05) is 30.3 Å². The SMILES string of the molecule is O=c1c2ccccc2c(=O)n2c3ccccc3ccn12. The molecule has 0 unspecified atom stereocenters. The van der Waals surface area contributed by atoms with Crippen molar-refractivity contribution in [1.29, 1.82) is 0 Å². The molecule has 0 aliphatic rings. The minimum Gasteiger partial charge on any atom is -0.267 e. The van der Waals surface area contributed by atoms with Crippen molar-refractivity contribution < 1.29 is 0 Å². The maximum absolute atomic E-state index is 12.7. The third-order valence-electron chi connectivity index (χ3n) is 3.56. The van der Waals surface area contributed by atoms with Crippen LogP contribution in [0.1, 0.15) is 0 Å². The fraction of sp³-hybridized carbons (Fsp3) is 0. The Morgan fingerprint density at radius 3 is 2.15 bits per heavy atom. The van der Waals surface area contributed by atoms with E-state index in [-0.39, 0.29) is 11.1 Å². The van der Waals surface area contributed by atoms with Crippen molar-refractivity contribution in [3.8, 4) is 0 Å². The summed E-state index contributed by atoms with van der Waals surface area (Å²) in [5.41, 5.74) is 0.353. The number of nitrogens with zero attached hydrogens (tertiary/aromatic N) is 2. The van der Waals surface area contributed by atoms with Crippen molar-refractivity contribution in [3.63, 3.8) is 0 Å². The van der Waals surface area contributed by atoms with E-state index in [1.165, 1.54) is 9.03 Å². The molecule has 2 heterocycles. The van der Waals surface area contributed by atoms with Crippen LogP contribution in [-0.4, -0.2) is 9.03 Å². The van der Waals surface area contributed by atoms with Crippen LogP contribution in [0.2, 0.25) is 0 Å². The Morgan fingerprint density at radius 2 is 1.35 bits per heavy atom. The van der Waals surface area contributed by atoms with E-state index in [0.717, 1.165) is 10.9 Å². The van der Waals surface area contributed by atoms with E-state index in [1.807, 2.05) is 30.3 Å². The van der Waals surface area contributed by atoms with Crippen LogP contribution in [0.4, 0.5) is 0 Å². The van der Waals surface area contributed by atoms with Crippen molar-refractivity contribution in [1.82, 2.24) is 9.03 Å². The summed E-state index contributed by atoms with van der Waals surface area (Å²) in [6.07, 6.45) is 1.64. The molecule has 2 aromatic carbocycles. The molecule has 4 heteroatoms. The first-order valence-corrected chi connectivity index (χ1v) is 6.31. The molecule has 0 fully saturated rings. The molecule has 0 bridgehead atoms. The molecule has 2 aromatic heterocycles. The van der Waals surface area contributed by atoms with Crippen molar-refractivity contribution in [2.45, 2.75) is 0 Å². The Bertz CT molecular complexity index is 1090. The van der Waals surface area contributed by atoms with Crippen molar-refractivity contribution in [2.24, 2.45) is 0 Å². The van der Waals surface area contributed by atoms with Gasteiger partial charge in [0.15, 0.2) is 0 Å². The lowest BCUT2D eigenvalue weighted by atomic mass is 10.2. The molecule has 0 atom stereocenters. The van der Waals surface area contributed by atoms with E-state index in [2.05, 4.69) is 0 Å². The zero-order chi connectivity index (χ0) is 13.7. The number of hydrogen-bond acceptors (Lipinski definition) is 2. The van der Waals surface area contributed by atoms with E-state index in [4.69, 9.17) is 0 Å². The van der Waals surface area contributed by atoms with Crippen LogP contribution in [0.25, 0.3) is 21.7 Å². The number of hydrogen-bond donors (Lipinski definition) is 0. The Morgan fingerprint density at radius 1 is 0.700 bits per heavy atom. The highest BCUT2D eigenvalue weighted by Gasteiger charge is 2.09. The molecule has 4 nitrogen and oxygen atoms in total. The summed E-state index contributed by atoms with van der Waals surface area (Å²) in [6, 6.07) is 16.3. The van der Waals surface area contributed by atoms with Crippen molar-refractivity contribution in [2.75, 3.05) is 0 Å². The number of fused-ring (bicyclic) bond motifs is 4. The molecule has 4 aromatic rings. The van der Waals surface area contributed by atoms with Gasteiger partial charge in [0, 0.05) is 11.6 Å². The lowest BCUT2D eigenvalue weighted by Crippen LogP contribution is -2.30. The Kier molecular flexibility index (Phi) is 2.09. The molecule has 20 heavy (non-hydrogen) atoms. The molecule has 4 rings (SSSR count). The summed E-state index contributed by atoms with van der Waals surface area (Å²) >= 11 is 0. The molecule has 0 N–H and O–H groups in total. The zero-order valence-electron chi connectivity index (χ0n) is 10.5. The second kappa shape index (κ2) is 3.81. The molecule has 0 radical (unpaired) electrons. The lowest BCUT2D eigenvalue weighted by Gasteiger charge is -2.08. The molecule has 0 saturated carbocycles.